The molecule has 2 aromatic rings. The molecule has 1 aliphatic carbocycles. The maximum absolute atomic E-state index is 12.4. The van der Waals surface area contributed by atoms with Crippen LogP contribution in [0, 0.1) is 5.92 Å². The highest BCUT2D eigenvalue weighted by Gasteiger charge is 2.20. The summed E-state index contributed by atoms with van der Waals surface area (Å²) in [7, 11) is 0. The van der Waals surface area contributed by atoms with E-state index in [2.05, 4.69) is 20.5 Å². The Balaban J connectivity index is 1.50. The number of nitrogens with one attached hydrogen (secondary N) is 2. The lowest BCUT2D eigenvalue weighted by molar-refractivity contribution is -0.115. The van der Waals surface area contributed by atoms with Crippen molar-refractivity contribution >= 4 is 39.9 Å². The van der Waals surface area contributed by atoms with Crippen LogP contribution in [0.3, 0.4) is 0 Å². The zero-order valence-electron chi connectivity index (χ0n) is 14.7. The summed E-state index contributed by atoms with van der Waals surface area (Å²) in [4.78, 5) is 28.2. The zero-order valence-corrected chi connectivity index (χ0v) is 16.3. The summed E-state index contributed by atoms with van der Waals surface area (Å²) in [6, 6.07) is 1.60. The van der Waals surface area contributed by atoms with Crippen LogP contribution < -0.4 is 11.1 Å². The topological polar surface area (TPSA) is 114 Å². The van der Waals surface area contributed by atoms with Gasteiger partial charge in [-0.3, -0.25) is 14.7 Å². The number of thiophene rings is 1. The van der Waals surface area contributed by atoms with Crippen molar-refractivity contribution in [1.82, 2.24) is 15.2 Å². The van der Waals surface area contributed by atoms with Crippen molar-refractivity contribution in [1.29, 1.82) is 0 Å². The zero-order chi connectivity index (χ0) is 18.5. The van der Waals surface area contributed by atoms with Gasteiger partial charge < -0.3 is 11.1 Å². The number of hydrogen-bond donors (Lipinski definition) is 3. The second-order valence-corrected chi connectivity index (χ2v) is 8.75. The number of aromatic amines is 1. The number of nitrogens with two attached hydrogens (primary N) is 1. The third kappa shape index (κ3) is 4.85. The van der Waals surface area contributed by atoms with Crippen LogP contribution in [0.2, 0.25) is 0 Å². The molecular formula is C17H23N5O2S2. The molecule has 0 saturated heterocycles. The van der Waals surface area contributed by atoms with Gasteiger partial charge in [0.05, 0.1) is 10.8 Å². The molecule has 140 valence electrons. The highest BCUT2D eigenvalue weighted by atomic mass is 32.2. The molecule has 26 heavy (non-hydrogen) atoms. The van der Waals surface area contributed by atoms with Gasteiger partial charge in [0, 0.05) is 6.42 Å². The van der Waals surface area contributed by atoms with Crippen molar-refractivity contribution in [3.63, 3.8) is 0 Å². The lowest BCUT2D eigenvalue weighted by Gasteiger charge is -2.09. The first-order valence-electron chi connectivity index (χ1n) is 8.79. The average molecular weight is 394 g/mol. The Morgan fingerprint density at radius 2 is 2.23 bits per heavy atom. The van der Waals surface area contributed by atoms with E-state index in [1.807, 2.05) is 0 Å². The summed E-state index contributed by atoms with van der Waals surface area (Å²) in [5.41, 5.74) is 5.62. The van der Waals surface area contributed by atoms with Crippen LogP contribution >= 0.6 is 23.1 Å². The van der Waals surface area contributed by atoms with Crippen molar-refractivity contribution in [3.8, 4) is 0 Å². The number of amides is 2. The molecule has 0 aliphatic heterocycles. The molecule has 2 amide bonds. The standard InChI is InChI=1S/C17H23N5O2S2/c1-10(15(24)20-16-12(14(18)23)8-9-25-16)26-17-19-13(21-22-17)7-6-11-4-2-3-5-11/h8-11H,2-7H2,1H3,(H2,18,23)(H,20,24)(H,19,21,22). The average Bonchev–Trinajstić information content (AvgIpc) is 3.34. The number of rotatable bonds is 8. The minimum Gasteiger partial charge on any atom is -0.366 e. The van der Waals surface area contributed by atoms with Gasteiger partial charge in [-0.05, 0) is 30.7 Å². The van der Waals surface area contributed by atoms with Gasteiger partial charge in [0.2, 0.25) is 11.1 Å². The van der Waals surface area contributed by atoms with Gasteiger partial charge in [-0.1, -0.05) is 37.4 Å². The van der Waals surface area contributed by atoms with E-state index in [9.17, 15) is 9.59 Å². The fraction of sp³-hybridized carbons (Fsp3) is 0.529. The number of aryl methyl sites for hydroxylation is 1. The molecule has 1 fully saturated rings. The first kappa shape index (κ1) is 18.9. The van der Waals surface area contributed by atoms with Crippen molar-refractivity contribution in [2.24, 2.45) is 11.7 Å². The van der Waals surface area contributed by atoms with Crippen LogP contribution in [0.1, 0.15) is 55.2 Å². The van der Waals surface area contributed by atoms with E-state index in [-0.39, 0.29) is 5.91 Å². The highest BCUT2D eigenvalue weighted by molar-refractivity contribution is 8.00. The predicted molar refractivity (Wildman–Crippen MR) is 103 cm³/mol. The van der Waals surface area contributed by atoms with Gasteiger partial charge in [-0.25, -0.2) is 4.98 Å². The molecule has 1 saturated carbocycles. The quantitative estimate of drug-likeness (QED) is 0.596. The Labute approximate surface area is 160 Å². The van der Waals surface area contributed by atoms with Gasteiger partial charge in [-0.15, -0.1) is 16.4 Å². The van der Waals surface area contributed by atoms with E-state index in [4.69, 9.17) is 5.73 Å². The van der Waals surface area contributed by atoms with Gasteiger partial charge in [0.1, 0.15) is 10.8 Å². The second-order valence-electron chi connectivity index (χ2n) is 6.53. The Kier molecular flexibility index (Phi) is 6.31. The number of aromatic nitrogens is 3. The predicted octanol–water partition coefficient (Wildman–Crippen LogP) is 3.21. The molecule has 4 N–H and O–H groups in total. The lowest BCUT2D eigenvalue weighted by Crippen LogP contribution is -2.23. The Morgan fingerprint density at radius 3 is 2.96 bits per heavy atom. The maximum Gasteiger partial charge on any atom is 0.251 e. The number of carbonyl (C=O) groups excluding carboxylic acids is 2. The van der Waals surface area contributed by atoms with Crippen LogP contribution in [0.4, 0.5) is 5.00 Å². The fourth-order valence-corrected chi connectivity index (χ4v) is 4.65. The molecule has 0 aromatic carbocycles. The van der Waals surface area contributed by atoms with E-state index in [1.165, 1.54) is 48.8 Å². The summed E-state index contributed by atoms with van der Waals surface area (Å²) in [5, 5.41) is 12.3. The number of hydrogen-bond acceptors (Lipinski definition) is 6. The molecule has 0 bridgehead atoms. The SMILES string of the molecule is CC(Sc1n[nH]c(CCC2CCCC2)n1)C(=O)Nc1sccc1C(N)=O. The van der Waals surface area contributed by atoms with Crippen LogP contribution in [0.15, 0.2) is 16.6 Å². The van der Waals surface area contributed by atoms with Crippen molar-refractivity contribution in [2.75, 3.05) is 5.32 Å². The summed E-state index contributed by atoms with van der Waals surface area (Å²) in [6.07, 6.45) is 7.37. The number of thioether (sulfide) groups is 1. The van der Waals surface area contributed by atoms with Gasteiger partial charge in [0.15, 0.2) is 0 Å². The number of anilines is 1. The van der Waals surface area contributed by atoms with Crippen LogP contribution in [-0.2, 0) is 11.2 Å². The van der Waals surface area contributed by atoms with E-state index in [0.717, 1.165) is 24.6 Å². The molecule has 0 spiro atoms. The summed E-state index contributed by atoms with van der Waals surface area (Å²) < 4.78 is 0. The smallest absolute Gasteiger partial charge is 0.251 e. The molecular weight excluding hydrogens is 370 g/mol. The molecule has 2 heterocycles. The molecule has 1 aliphatic rings. The fourth-order valence-electron chi connectivity index (χ4n) is 3.11. The van der Waals surface area contributed by atoms with Crippen LogP contribution in [0.5, 0.6) is 0 Å². The minimum atomic E-state index is -0.553. The molecule has 2 aromatic heterocycles. The Morgan fingerprint density at radius 1 is 1.46 bits per heavy atom. The van der Waals surface area contributed by atoms with Crippen molar-refractivity contribution in [3.05, 3.63) is 22.8 Å². The molecule has 1 unspecified atom stereocenters. The number of nitrogens with zero attached hydrogens (tertiary/aromatic N) is 2. The first-order chi connectivity index (χ1) is 12.5. The third-order valence-electron chi connectivity index (χ3n) is 4.59. The lowest BCUT2D eigenvalue weighted by atomic mass is 10.0. The summed E-state index contributed by atoms with van der Waals surface area (Å²) in [5.74, 6) is 0.924. The van der Waals surface area contributed by atoms with E-state index in [1.54, 1.807) is 18.4 Å². The van der Waals surface area contributed by atoms with Gasteiger partial charge >= 0.3 is 0 Å². The van der Waals surface area contributed by atoms with E-state index < -0.39 is 11.2 Å². The van der Waals surface area contributed by atoms with Crippen molar-refractivity contribution < 1.29 is 9.59 Å². The number of H-pyrrole nitrogens is 1. The minimum absolute atomic E-state index is 0.211. The van der Waals surface area contributed by atoms with Crippen LogP contribution in [0.25, 0.3) is 0 Å². The first-order valence-corrected chi connectivity index (χ1v) is 10.5. The Hall–Kier alpha value is -1.87. The molecule has 7 nitrogen and oxygen atoms in total. The Bertz CT molecular complexity index is 767. The maximum atomic E-state index is 12.4. The number of carbonyl (C=O) groups is 2. The van der Waals surface area contributed by atoms with E-state index in [0.29, 0.717) is 15.7 Å². The number of primary amides is 1. The summed E-state index contributed by atoms with van der Waals surface area (Å²) >= 11 is 2.56. The molecule has 3 rings (SSSR count). The van der Waals surface area contributed by atoms with E-state index >= 15 is 0 Å². The second kappa shape index (κ2) is 8.68. The third-order valence-corrected chi connectivity index (χ3v) is 6.39. The van der Waals surface area contributed by atoms with Crippen LogP contribution in [-0.4, -0.2) is 32.2 Å². The normalized spacial score (nSPS) is 15.9. The highest BCUT2D eigenvalue weighted by Crippen LogP contribution is 2.29. The molecule has 9 heteroatoms. The largest absolute Gasteiger partial charge is 0.366 e. The van der Waals surface area contributed by atoms with Crippen molar-refractivity contribution in [2.45, 2.75) is 55.9 Å². The van der Waals surface area contributed by atoms with Gasteiger partial charge in [0.25, 0.3) is 5.91 Å². The molecule has 0 radical (unpaired) electrons. The monoisotopic (exact) mass is 393 g/mol. The van der Waals surface area contributed by atoms with Gasteiger partial charge in [-0.2, -0.15) is 0 Å². The summed E-state index contributed by atoms with van der Waals surface area (Å²) in [6.45, 7) is 1.78. The molecule has 1 atom stereocenters.